The Kier molecular flexibility index (Phi) is 4.95. The van der Waals surface area contributed by atoms with E-state index in [9.17, 15) is 9.90 Å². The molecule has 0 bridgehead atoms. The summed E-state index contributed by atoms with van der Waals surface area (Å²) in [5, 5.41) is 21.8. The highest BCUT2D eigenvalue weighted by Crippen LogP contribution is 2.18. The molecule has 4 nitrogen and oxygen atoms in total. The standard InChI is InChI=1S/C17H19NO3/c1-12-9-14(17(20)21)7-8-16(12)18-15(11-19)10-13-5-3-2-4-6-13/h2-9,15,18-19H,10-11H2,1H3,(H,20,21). The smallest absolute Gasteiger partial charge is 0.335 e. The van der Waals surface area contributed by atoms with Gasteiger partial charge in [-0.3, -0.25) is 0 Å². The average molecular weight is 285 g/mol. The minimum Gasteiger partial charge on any atom is -0.478 e. The Balaban J connectivity index is 2.10. The van der Waals surface area contributed by atoms with Crippen LogP contribution in [0, 0.1) is 6.92 Å². The van der Waals surface area contributed by atoms with E-state index in [1.165, 1.54) is 0 Å². The zero-order valence-corrected chi connectivity index (χ0v) is 11.9. The maximum absolute atomic E-state index is 10.9. The molecule has 1 unspecified atom stereocenters. The molecule has 0 aliphatic carbocycles. The van der Waals surface area contributed by atoms with Crippen LogP contribution in [-0.4, -0.2) is 28.8 Å². The number of hydrogen-bond acceptors (Lipinski definition) is 3. The number of aryl methyl sites for hydroxylation is 1. The summed E-state index contributed by atoms with van der Waals surface area (Å²) in [4.78, 5) is 10.9. The summed E-state index contributed by atoms with van der Waals surface area (Å²) < 4.78 is 0. The van der Waals surface area contributed by atoms with Gasteiger partial charge in [0.2, 0.25) is 0 Å². The Morgan fingerprint density at radius 1 is 1.19 bits per heavy atom. The first-order valence-corrected chi connectivity index (χ1v) is 6.85. The molecular formula is C17H19NO3. The molecule has 2 aromatic rings. The van der Waals surface area contributed by atoms with Crippen molar-refractivity contribution >= 4 is 11.7 Å². The molecule has 3 N–H and O–H groups in total. The lowest BCUT2D eigenvalue weighted by atomic mass is 10.0. The molecule has 1 atom stereocenters. The van der Waals surface area contributed by atoms with E-state index in [4.69, 9.17) is 5.11 Å². The van der Waals surface area contributed by atoms with Crippen LogP contribution in [0.2, 0.25) is 0 Å². The Bertz CT molecular complexity index is 611. The Hall–Kier alpha value is -2.33. The van der Waals surface area contributed by atoms with E-state index in [1.807, 2.05) is 37.3 Å². The van der Waals surface area contributed by atoms with Gasteiger partial charge in [0.25, 0.3) is 0 Å². The average Bonchev–Trinajstić information content (AvgIpc) is 2.49. The Morgan fingerprint density at radius 3 is 2.48 bits per heavy atom. The number of rotatable bonds is 6. The van der Waals surface area contributed by atoms with E-state index in [-0.39, 0.29) is 18.2 Å². The molecular weight excluding hydrogens is 266 g/mol. The molecule has 0 saturated heterocycles. The van der Waals surface area contributed by atoms with Crippen LogP contribution in [0.5, 0.6) is 0 Å². The van der Waals surface area contributed by atoms with Crippen LogP contribution in [0.1, 0.15) is 21.5 Å². The van der Waals surface area contributed by atoms with E-state index < -0.39 is 5.97 Å². The summed E-state index contributed by atoms with van der Waals surface area (Å²) in [6.45, 7) is 1.86. The van der Waals surface area contributed by atoms with Gasteiger partial charge in [-0.05, 0) is 42.7 Å². The number of carboxylic acids is 1. The van der Waals surface area contributed by atoms with Crippen molar-refractivity contribution in [3.05, 3.63) is 65.2 Å². The first-order chi connectivity index (χ1) is 10.1. The summed E-state index contributed by atoms with van der Waals surface area (Å²) >= 11 is 0. The summed E-state index contributed by atoms with van der Waals surface area (Å²) in [7, 11) is 0. The number of carbonyl (C=O) groups is 1. The lowest BCUT2D eigenvalue weighted by molar-refractivity contribution is 0.0697. The van der Waals surface area contributed by atoms with E-state index in [0.29, 0.717) is 6.42 Å². The molecule has 0 spiro atoms. The van der Waals surface area contributed by atoms with E-state index in [2.05, 4.69) is 5.32 Å². The normalized spacial score (nSPS) is 11.9. The molecule has 110 valence electrons. The number of benzene rings is 2. The number of nitrogens with one attached hydrogen (secondary N) is 1. The van der Waals surface area contributed by atoms with Gasteiger partial charge in [-0.25, -0.2) is 4.79 Å². The van der Waals surface area contributed by atoms with Crippen LogP contribution < -0.4 is 5.32 Å². The van der Waals surface area contributed by atoms with Crippen molar-refractivity contribution in [1.82, 2.24) is 0 Å². The fraction of sp³-hybridized carbons (Fsp3) is 0.235. The first kappa shape index (κ1) is 15.1. The third-order valence-electron chi connectivity index (χ3n) is 3.38. The first-order valence-electron chi connectivity index (χ1n) is 6.85. The Labute approximate surface area is 124 Å². The fourth-order valence-electron chi connectivity index (χ4n) is 2.24. The zero-order chi connectivity index (χ0) is 15.2. The van der Waals surface area contributed by atoms with Crippen molar-refractivity contribution in [2.24, 2.45) is 0 Å². The van der Waals surface area contributed by atoms with Crippen molar-refractivity contribution in [3.63, 3.8) is 0 Å². The second kappa shape index (κ2) is 6.90. The third kappa shape index (κ3) is 4.07. The van der Waals surface area contributed by atoms with E-state index in [1.54, 1.807) is 18.2 Å². The van der Waals surface area contributed by atoms with Crippen LogP contribution in [0.3, 0.4) is 0 Å². The summed E-state index contributed by atoms with van der Waals surface area (Å²) in [5.74, 6) is -0.937. The maximum Gasteiger partial charge on any atom is 0.335 e. The van der Waals surface area contributed by atoms with Gasteiger partial charge in [-0.2, -0.15) is 0 Å². The van der Waals surface area contributed by atoms with Gasteiger partial charge in [0.15, 0.2) is 0 Å². The molecule has 0 heterocycles. The van der Waals surface area contributed by atoms with Crippen molar-refractivity contribution in [3.8, 4) is 0 Å². The summed E-state index contributed by atoms with van der Waals surface area (Å²) in [5.41, 5.74) is 3.10. The number of hydrogen-bond donors (Lipinski definition) is 3. The van der Waals surface area contributed by atoms with Gasteiger partial charge in [0, 0.05) is 5.69 Å². The van der Waals surface area contributed by atoms with Gasteiger partial charge in [0.05, 0.1) is 18.2 Å². The van der Waals surface area contributed by atoms with E-state index >= 15 is 0 Å². The van der Waals surface area contributed by atoms with Crippen LogP contribution in [0.4, 0.5) is 5.69 Å². The number of aliphatic hydroxyl groups is 1. The molecule has 2 aromatic carbocycles. The molecule has 0 amide bonds. The zero-order valence-electron chi connectivity index (χ0n) is 11.9. The fourth-order valence-corrected chi connectivity index (χ4v) is 2.24. The molecule has 2 rings (SSSR count). The molecule has 0 aliphatic heterocycles. The molecule has 0 radical (unpaired) electrons. The SMILES string of the molecule is Cc1cc(C(=O)O)ccc1NC(CO)Cc1ccccc1. The van der Waals surface area contributed by atoms with Crippen molar-refractivity contribution in [1.29, 1.82) is 0 Å². The minimum atomic E-state index is -0.937. The predicted molar refractivity (Wildman–Crippen MR) is 82.8 cm³/mol. The highest BCUT2D eigenvalue weighted by molar-refractivity contribution is 5.88. The van der Waals surface area contributed by atoms with Gasteiger partial charge in [-0.15, -0.1) is 0 Å². The maximum atomic E-state index is 10.9. The van der Waals surface area contributed by atoms with Crippen LogP contribution >= 0.6 is 0 Å². The molecule has 4 heteroatoms. The summed E-state index contributed by atoms with van der Waals surface area (Å²) in [6.07, 6.45) is 0.706. The van der Waals surface area contributed by atoms with E-state index in [0.717, 1.165) is 16.8 Å². The Morgan fingerprint density at radius 2 is 1.90 bits per heavy atom. The minimum absolute atomic E-state index is 0.00894. The topological polar surface area (TPSA) is 69.6 Å². The number of anilines is 1. The molecule has 0 aromatic heterocycles. The van der Waals surface area contributed by atoms with Gasteiger partial charge >= 0.3 is 5.97 Å². The van der Waals surface area contributed by atoms with Crippen LogP contribution in [0.15, 0.2) is 48.5 Å². The second-order valence-corrected chi connectivity index (χ2v) is 5.05. The lowest BCUT2D eigenvalue weighted by Crippen LogP contribution is -2.26. The summed E-state index contributed by atoms with van der Waals surface area (Å²) in [6, 6.07) is 14.8. The van der Waals surface area contributed by atoms with Crippen molar-refractivity contribution in [2.45, 2.75) is 19.4 Å². The van der Waals surface area contributed by atoms with Crippen LogP contribution in [0.25, 0.3) is 0 Å². The van der Waals surface area contributed by atoms with Crippen molar-refractivity contribution < 1.29 is 15.0 Å². The van der Waals surface area contributed by atoms with Crippen molar-refractivity contribution in [2.75, 3.05) is 11.9 Å². The quantitative estimate of drug-likeness (QED) is 0.763. The number of aromatic carboxylic acids is 1. The van der Waals surface area contributed by atoms with Gasteiger partial charge < -0.3 is 15.5 Å². The predicted octanol–water partition coefficient (Wildman–Crippen LogP) is 2.71. The van der Waals surface area contributed by atoms with Gasteiger partial charge in [0.1, 0.15) is 0 Å². The molecule has 21 heavy (non-hydrogen) atoms. The highest BCUT2D eigenvalue weighted by atomic mass is 16.4. The molecule has 0 saturated carbocycles. The van der Waals surface area contributed by atoms with Gasteiger partial charge in [-0.1, -0.05) is 30.3 Å². The van der Waals surface area contributed by atoms with Crippen LogP contribution in [-0.2, 0) is 6.42 Å². The largest absolute Gasteiger partial charge is 0.478 e. The second-order valence-electron chi connectivity index (χ2n) is 5.05. The number of aliphatic hydroxyl groups excluding tert-OH is 1. The molecule has 0 aliphatic rings. The monoisotopic (exact) mass is 285 g/mol. The third-order valence-corrected chi connectivity index (χ3v) is 3.38. The number of carboxylic acid groups (broad SMARTS) is 1. The highest BCUT2D eigenvalue weighted by Gasteiger charge is 2.11. The molecule has 0 fully saturated rings. The lowest BCUT2D eigenvalue weighted by Gasteiger charge is -2.19.